The van der Waals surface area contributed by atoms with Crippen molar-refractivity contribution in [1.82, 2.24) is 9.97 Å². The summed E-state index contributed by atoms with van der Waals surface area (Å²) in [4.78, 5) is 29.9. The first-order valence-corrected chi connectivity index (χ1v) is 6.06. The van der Waals surface area contributed by atoms with Gasteiger partial charge in [-0.15, -0.1) is 10.2 Å². The first-order valence-electron chi connectivity index (χ1n) is 5.31. The lowest BCUT2D eigenvalue weighted by Gasteiger charge is -1.99. The summed E-state index contributed by atoms with van der Waals surface area (Å²) >= 11 is 10.8. The maximum atomic E-state index is 11.2. The van der Waals surface area contributed by atoms with Gasteiger partial charge in [-0.05, 0) is 47.5 Å². The van der Waals surface area contributed by atoms with Gasteiger partial charge in [0.25, 0.3) is 10.5 Å². The molecule has 8 heteroatoms. The van der Waals surface area contributed by atoms with E-state index >= 15 is 0 Å². The molecule has 0 radical (unpaired) electrons. The molecule has 0 spiro atoms. The third kappa shape index (κ3) is 3.23. The van der Waals surface area contributed by atoms with Gasteiger partial charge in [-0.1, -0.05) is 0 Å². The van der Waals surface area contributed by atoms with Gasteiger partial charge in [0.15, 0.2) is 0 Å². The summed E-state index contributed by atoms with van der Waals surface area (Å²) in [5.74, 6) is 0. The molecule has 0 aromatic carbocycles. The maximum Gasteiger partial charge on any atom is 0.273 e. The van der Waals surface area contributed by atoms with E-state index in [0.717, 1.165) is 0 Å². The second kappa shape index (κ2) is 6.31. The summed E-state index contributed by atoms with van der Waals surface area (Å²) in [6.07, 6.45) is 2.82. The summed E-state index contributed by atoms with van der Waals surface area (Å²) in [6.45, 7) is 0. The summed E-state index contributed by atoms with van der Waals surface area (Å²) in [5.41, 5.74) is 0.315. The van der Waals surface area contributed by atoms with E-state index in [1.807, 2.05) is 0 Å². The summed E-state index contributed by atoms with van der Waals surface area (Å²) in [5, 5.41) is 6.19. The van der Waals surface area contributed by atoms with E-state index in [-0.39, 0.29) is 22.8 Å². The molecule has 0 unspecified atom stereocenters. The van der Waals surface area contributed by atoms with Crippen molar-refractivity contribution in [2.24, 2.45) is 10.2 Å². The third-order valence-corrected chi connectivity index (χ3v) is 2.57. The van der Waals surface area contributed by atoms with E-state index in [2.05, 4.69) is 20.2 Å². The van der Waals surface area contributed by atoms with Gasteiger partial charge in [-0.2, -0.15) is 0 Å². The fraction of sp³-hybridized carbons (Fsp3) is 0. The molecular weight excluding hydrogens is 303 g/mol. The van der Waals surface area contributed by atoms with Crippen molar-refractivity contribution in [3.05, 3.63) is 48.0 Å². The minimum absolute atomic E-state index is 0.0273. The fourth-order valence-electron chi connectivity index (χ4n) is 1.37. The number of nitrogens with zero attached hydrogens (tertiary/aromatic N) is 4. The zero-order valence-corrected chi connectivity index (χ0v) is 11.3. The Morgan fingerprint density at radius 1 is 0.850 bits per heavy atom. The quantitative estimate of drug-likeness (QED) is 0.637. The lowest BCUT2D eigenvalue weighted by Crippen LogP contribution is -1.94. The van der Waals surface area contributed by atoms with E-state index in [9.17, 15) is 9.59 Å². The van der Waals surface area contributed by atoms with Crippen LogP contribution >= 0.6 is 23.2 Å². The lowest BCUT2D eigenvalue weighted by molar-refractivity contribution is 0.106. The van der Waals surface area contributed by atoms with E-state index < -0.39 is 10.5 Å². The fourth-order valence-corrected chi connectivity index (χ4v) is 1.66. The molecule has 0 bridgehead atoms. The molecule has 0 atom stereocenters. The molecule has 2 rings (SSSR count). The number of carbonyl (C=O) groups is 2. The SMILES string of the molecule is O=C(Cl)c1ncccc1N=Nc1cccnc1C(=O)Cl. The average molecular weight is 309 g/mol. The van der Waals surface area contributed by atoms with Crippen molar-refractivity contribution in [3.63, 3.8) is 0 Å². The van der Waals surface area contributed by atoms with Gasteiger partial charge in [-0.3, -0.25) is 9.59 Å². The highest BCUT2D eigenvalue weighted by Gasteiger charge is 2.12. The molecule has 0 fully saturated rings. The van der Waals surface area contributed by atoms with Gasteiger partial charge in [0.1, 0.15) is 22.8 Å². The van der Waals surface area contributed by atoms with Gasteiger partial charge in [0.2, 0.25) is 0 Å². The lowest BCUT2D eigenvalue weighted by atomic mass is 10.3. The highest BCUT2D eigenvalue weighted by atomic mass is 35.5. The van der Waals surface area contributed by atoms with E-state index in [1.54, 1.807) is 12.1 Å². The Hall–Kier alpha value is -2.18. The van der Waals surface area contributed by atoms with Crippen LogP contribution < -0.4 is 0 Å². The number of azo groups is 1. The Morgan fingerprint density at radius 2 is 1.25 bits per heavy atom. The molecule has 0 aliphatic carbocycles. The van der Waals surface area contributed by atoms with Crippen LogP contribution in [-0.4, -0.2) is 20.5 Å². The summed E-state index contributed by atoms with van der Waals surface area (Å²) in [6, 6.07) is 6.19. The van der Waals surface area contributed by atoms with E-state index in [0.29, 0.717) is 0 Å². The summed E-state index contributed by atoms with van der Waals surface area (Å²) in [7, 11) is 0. The number of hydrogen-bond donors (Lipinski definition) is 0. The molecule has 0 amide bonds. The Balaban J connectivity index is 2.40. The Labute approximate surface area is 123 Å². The molecular formula is C12H6Cl2N4O2. The number of rotatable bonds is 4. The molecule has 0 aliphatic rings. The first-order chi connectivity index (χ1) is 9.59. The highest BCUT2D eigenvalue weighted by molar-refractivity contribution is 6.68. The predicted octanol–water partition coefficient (Wildman–Crippen LogP) is 3.65. The van der Waals surface area contributed by atoms with Gasteiger partial charge < -0.3 is 0 Å². The van der Waals surface area contributed by atoms with E-state index in [1.165, 1.54) is 24.5 Å². The smallest absolute Gasteiger partial charge is 0.273 e. The minimum Gasteiger partial charge on any atom is -0.274 e. The molecule has 6 nitrogen and oxygen atoms in total. The average Bonchev–Trinajstić information content (AvgIpc) is 2.45. The molecule has 2 heterocycles. The predicted molar refractivity (Wildman–Crippen MR) is 73.0 cm³/mol. The largest absolute Gasteiger partial charge is 0.274 e. The van der Waals surface area contributed by atoms with Gasteiger partial charge >= 0.3 is 0 Å². The molecule has 2 aromatic heterocycles. The number of hydrogen-bond acceptors (Lipinski definition) is 6. The summed E-state index contributed by atoms with van der Waals surface area (Å²) < 4.78 is 0. The topological polar surface area (TPSA) is 84.6 Å². The van der Waals surface area contributed by atoms with Crippen LogP contribution in [0.5, 0.6) is 0 Å². The Morgan fingerprint density at radius 3 is 1.60 bits per heavy atom. The molecule has 100 valence electrons. The number of halogens is 2. The van der Waals surface area contributed by atoms with Gasteiger partial charge in [0.05, 0.1) is 0 Å². The third-order valence-electron chi connectivity index (χ3n) is 2.21. The zero-order valence-electron chi connectivity index (χ0n) is 9.83. The van der Waals surface area contributed by atoms with E-state index in [4.69, 9.17) is 23.2 Å². The number of carbonyl (C=O) groups excluding carboxylic acids is 2. The standard InChI is InChI=1S/C12H6Cl2N4O2/c13-11(19)9-7(3-1-5-15-9)17-18-8-4-2-6-16-10(8)12(14)20/h1-6H. The van der Waals surface area contributed by atoms with Crippen molar-refractivity contribution in [3.8, 4) is 0 Å². The van der Waals surface area contributed by atoms with Gasteiger partial charge in [0, 0.05) is 12.4 Å². The van der Waals surface area contributed by atoms with Crippen molar-refractivity contribution < 1.29 is 9.59 Å². The number of pyridine rings is 2. The van der Waals surface area contributed by atoms with Crippen molar-refractivity contribution in [1.29, 1.82) is 0 Å². The molecule has 0 aliphatic heterocycles. The van der Waals surface area contributed by atoms with Crippen LogP contribution in [0.3, 0.4) is 0 Å². The van der Waals surface area contributed by atoms with Crippen LogP contribution in [0.25, 0.3) is 0 Å². The Kier molecular flexibility index (Phi) is 4.49. The normalized spacial score (nSPS) is 10.7. The van der Waals surface area contributed by atoms with Crippen LogP contribution in [0.2, 0.25) is 0 Å². The van der Waals surface area contributed by atoms with Crippen molar-refractivity contribution in [2.75, 3.05) is 0 Å². The second-order valence-corrected chi connectivity index (χ2v) is 4.18. The second-order valence-electron chi connectivity index (χ2n) is 3.49. The monoisotopic (exact) mass is 308 g/mol. The molecule has 20 heavy (non-hydrogen) atoms. The van der Waals surface area contributed by atoms with Crippen LogP contribution in [0.15, 0.2) is 46.9 Å². The van der Waals surface area contributed by atoms with Crippen LogP contribution in [0, 0.1) is 0 Å². The van der Waals surface area contributed by atoms with Crippen LogP contribution in [0.1, 0.15) is 21.0 Å². The molecule has 0 saturated carbocycles. The Bertz CT molecular complexity index is 644. The molecule has 0 saturated heterocycles. The minimum atomic E-state index is -0.751. The van der Waals surface area contributed by atoms with Gasteiger partial charge in [-0.25, -0.2) is 9.97 Å². The number of aromatic nitrogens is 2. The maximum absolute atomic E-state index is 11.2. The molecule has 0 N–H and O–H groups in total. The zero-order chi connectivity index (χ0) is 14.5. The van der Waals surface area contributed by atoms with Crippen molar-refractivity contribution in [2.45, 2.75) is 0 Å². The van der Waals surface area contributed by atoms with Crippen molar-refractivity contribution >= 4 is 45.1 Å². The van der Waals surface area contributed by atoms with Crippen LogP contribution in [-0.2, 0) is 0 Å². The van der Waals surface area contributed by atoms with Crippen LogP contribution in [0.4, 0.5) is 11.4 Å². The molecule has 2 aromatic rings. The highest BCUT2D eigenvalue weighted by Crippen LogP contribution is 2.24. The first kappa shape index (κ1) is 14.2.